The van der Waals surface area contributed by atoms with E-state index in [-0.39, 0.29) is 5.91 Å². The third-order valence-corrected chi connectivity index (χ3v) is 4.20. The van der Waals surface area contributed by atoms with Crippen LogP contribution in [0.4, 0.5) is 0 Å². The van der Waals surface area contributed by atoms with Crippen molar-refractivity contribution in [3.05, 3.63) is 56.2 Å². The van der Waals surface area contributed by atoms with Crippen LogP contribution in [0.25, 0.3) is 0 Å². The first-order valence-electron chi connectivity index (χ1n) is 6.04. The number of benzene rings is 1. The number of carbonyl (C=O) groups is 1. The van der Waals surface area contributed by atoms with Gasteiger partial charge in [0.05, 0.1) is 10.9 Å². The fourth-order valence-corrected chi connectivity index (χ4v) is 3.14. The molecule has 0 saturated heterocycles. The van der Waals surface area contributed by atoms with E-state index in [0.29, 0.717) is 6.54 Å². The van der Waals surface area contributed by atoms with Gasteiger partial charge in [-0.2, -0.15) is 0 Å². The first kappa shape index (κ1) is 14.1. The van der Waals surface area contributed by atoms with Crippen molar-refractivity contribution in [1.82, 2.24) is 4.90 Å². The Labute approximate surface area is 122 Å². The highest BCUT2D eigenvalue weighted by Gasteiger charge is 2.15. The lowest BCUT2D eigenvalue weighted by Gasteiger charge is -2.17. The molecule has 100 valence electrons. The smallest absolute Gasteiger partial charge is 0.254 e. The Bertz CT molecular complexity index is 606. The van der Waals surface area contributed by atoms with Crippen LogP contribution in [0.1, 0.15) is 26.4 Å². The Morgan fingerprint density at radius 3 is 2.58 bits per heavy atom. The number of rotatable bonds is 3. The van der Waals surface area contributed by atoms with Crippen LogP contribution >= 0.6 is 22.9 Å². The summed E-state index contributed by atoms with van der Waals surface area (Å²) in [4.78, 5) is 15.2. The molecule has 0 radical (unpaired) electrons. The van der Waals surface area contributed by atoms with E-state index in [4.69, 9.17) is 11.6 Å². The van der Waals surface area contributed by atoms with Crippen LogP contribution in [-0.4, -0.2) is 17.9 Å². The van der Waals surface area contributed by atoms with Crippen LogP contribution in [0.3, 0.4) is 0 Å². The first-order chi connectivity index (χ1) is 8.97. The normalized spacial score (nSPS) is 10.5. The summed E-state index contributed by atoms with van der Waals surface area (Å²) in [6.45, 7) is 4.58. The van der Waals surface area contributed by atoms with Crippen molar-refractivity contribution in [2.75, 3.05) is 7.05 Å². The summed E-state index contributed by atoms with van der Waals surface area (Å²) in [6.07, 6.45) is 0. The van der Waals surface area contributed by atoms with Gasteiger partial charge in [-0.25, -0.2) is 0 Å². The zero-order valence-electron chi connectivity index (χ0n) is 11.2. The fraction of sp³-hybridized carbons (Fsp3) is 0.267. The number of carbonyl (C=O) groups excluding carboxylic acids is 1. The maximum Gasteiger partial charge on any atom is 0.254 e. The van der Waals surface area contributed by atoms with Crippen LogP contribution < -0.4 is 0 Å². The molecule has 4 heteroatoms. The van der Waals surface area contributed by atoms with Gasteiger partial charge in [0.1, 0.15) is 0 Å². The number of thiophene rings is 1. The van der Waals surface area contributed by atoms with Crippen molar-refractivity contribution in [3.8, 4) is 0 Å². The molecule has 0 unspecified atom stereocenters. The fourth-order valence-electron chi connectivity index (χ4n) is 2.00. The average molecular weight is 294 g/mol. The van der Waals surface area contributed by atoms with Crippen LogP contribution in [0, 0.1) is 13.8 Å². The van der Waals surface area contributed by atoms with E-state index in [2.05, 4.69) is 0 Å². The summed E-state index contributed by atoms with van der Waals surface area (Å²) >= 11 is 7.41. The maximum atomic E-state index is 12.4. The second-order valence-corrected chi connectivity index (χ2v) is 6.49. The van der Waals surface area contributed by atoms with Crippen molar-refractivity contribution in [1.29, 1.82) is 0 Å². The number of hydrogen-bond acceptors (Lipinski definition) is 2. The second-order valence-electron chi connectivity index (χ2n) is 4.69. The van der Waals surface area contributed by atoms with E-state index in [1.54, 1.807) is 4.90 Å². The first-order valence-corrected chi connectivity index (χ1v) is 7.24. The Balaban J connectivity index is 2.14. The summed E-state index contributed by atoms with van der Waals surface area (Å²) in [5, 5.41) is 0. The Morgan fingerprint density at radius 1 is 1.26 bits per heavy atom. The minimum absolute atomic E-state index is 0.0435. The summed E-state index contributed by atoms with van der Waals surface area (Å²) in [5.41, 5.74) is 2.94. The Morgan fingerprint density at radius 2 is 2.00 bits per heavy atom. The number of nitrogens with zero attached hydrogens (tertiary/aromatic N) is 1. The lowest BCUT2D eigenvalue weighted by molar-refractivity contribution is 0.0786. The lowest BCUT2D eigenvalue weighted by Crippen LogP contribution is -2.26. The molecule has 2 aromatic rings. The second kappa shape index (κ2) is 5.76. The van der Waals surface area contributed by atoms with E-state index in [1.165, 1.54) is 16.9 Å². The molecule has 2 nitrogen and oxygen atoms in total. The van der Waals surface area contributed by atoms with Crippen molar-refractivity contribution >= 4 is 28.8 Å². The molecule has 1 aromatic carbocycles. The third-order valence-electron chi connectivity index (χ3n) is 2.98. The molecule has 2 rings (SSSR count). The number of aryl methyl sites for hydroxylation is 2. The zero-order valence-corrected chi connectivity index (χ0v) is 12.8. The van der Waals surface area contributed by atoms with Gasteiger partial charge in [0.25, 0.3) is 5.91 Å². The predicted octanol–water partition coefficient (Wildman–Crippen LogP) is 4.29. The predicted molar refractivity (Wildman–Crippen MR) is 81.0 cm³/mol. The van der Waals surface area contributed by atoms with Gasteiger partial charge in [-0.15, -0.1) is 11.3 Å². The molecule has 0 aliphatic heterocycles. The molecule has 0 N–H and O–H groups in total. The molecule has 0 fully saturated rings. The van der Waals surface area contributed by atoms with Gasteiger partial charge in [0.2, 0.25) is 0 Å². The van der Waals surface area contributed by atoms with Gasteiger partial charge in [-0.3, -0.25) is 4.79 Å². The van der Waals surface area contributed by atoms with E-state index < -0.39 is 0 Å². The standard InChI is InChI=1S/C15H16ClNOS/c1-10-4-6-13(11(2)8-10)15(18)17(3)9-12-5-7-14(16)19-12/h4-8H,9H2,1-3H3. The maximum absolute atomic E-state index is 12.4. The largest absolute Gasteiger partial charge is 0.337 e. The lowest BCUT2D eigenvalue weighted by atomic mass is 10.0. The highest BCUT2D eigenvalue weighted by atomic mass is 35.5. The van der Waals surface area contributed by atoms with Gasteiger partial charge in [-0.05, 0) is 37.6 Å². The Hall–Kier alpha value is -1.32. The topological polar surface area (TPSA) is 20.3 Å². The van der Waals surface area contributed by atoms with Crippen molar-refractivity contribution in [2.45, 2.75) is 20.4 Å². The molecule has 0 bridgehead atoms. The van der Waals surface area contributed by atoms with Gasteiger partial charge in [0, 0.05) is 17.5 Å². The SMILES string of the molecule is Cc1ccc(C(=O)N(C)Cc2ccc(Cl)s2)c(C)c1. The highest BCUT2D eigenvalue weighted by Crippen LogP contribution is 2.23. The monoisotopic (exact) mass is 293 g/mol. The molecule has 1 aromatic heterocycles. The van der Waals surface area contributed by atoms with Crippen molar-refractivity contribution in [3.63, 3.8) is 0 Å². The minimum atomic E-state index is 0.0435. The van der Waals surface area contributed by atoms with Gasteiger partial charge in [-0.1, -0.05) is 29.3 Å². The third kappa shape index (κ3) is 3.37. The number of hydrogen-bond donors (Lipinski definition) is 0. The molecular formula is C15H16ClNOS. The van der Waals surface area contributed by atoms with Gasteiger partial charge < -0.3 is 4.90 Å². The van der Waals surface area contributed by atoms with E-state index in [0.717, 1.165) is 20.3 Å². The molecule has 0 aliphatic rings. The summed E-state index contributed by atoms with van der Waals surface area (Å²) < 4.78 is 0.752. The van der Waals surface area contributed by atoms with Crippen molar-refractivity contribution in [2.24, 2.45) is 0 Å². The average Bonchev–Trinajstić information content (AvgIpc) is 2.74. The summed E-state index contributed by atoms with van der Waals surface area (Å²) in [6, 6.07) is 9.71. The number of halogens is 1. The van der Waals surface area contributed by atoms with Gasteiger partial charge >= 0.3 is 0 Å². The van der Waals surface area contributed by atoms with Gasteiger partial charge in [0.15, 0.2) is 0 Å². The quantitative estimate of drug-likeness (QED) is 0.826. The molecule has 19 heavy (non-hydrogen) atoms. The molecular weight excluding hydrogens is 278 g/mol. The van der Waals surface area contributed by atoms with Crippen molar-refractivity contribution < 1.29 is 4.79 Å². The van der Waals surface area contributed by atoms with Crippen LogP contribution in [-0.2, 0) is 6.54 Å². The molecule has 0 atom stereocenters. The molecule has 0 aliphatic carbocycles. The van der Waals surface area contributed by atoms with Crippen LogP contribution in [0.15, 0.2) is 30.3 Å². The van der Waals surface area contributed by atoms with E-state index in [1.807, 2.05) is 51.2 Å². The minimum Gasteiger partial charge on any atom is -0.337 e. The molecule has 1 heterocycles. The molecule has 0 spiro atoms. The molecule has 0 saturated carbocycles. The summed E-state index contributed by atoms with van der Waals surface area (Å²) in [7, 11) is 1.81. The Kier molecular flexibility index (Phi) is 4.27. The molecule has 1 amide bonds. The number of amides is 1. The van der Waals surface area contributed by atoms with Crippen LogP contribution in [0.2, 0.25) is 4.34 Å². The van der Waals surface area contributed by atoms with Crippen LogP contribution in [0.5, 0.6) is 0 Å². The van der Waals surface area contributed by atoms with E-state index >= 15 is 0 Å². The van der Waals surface area contributed by atoms with E-state index in [9.17, 15) is 4.79 Å². The zero-order chi connectivity index (χ0) is 14.0. The summed E-state index contributed by atoms with van der Waals surface area (Å²) in [5.74, 6) is 0.0435. The highest BCUT2D eigenvalue weighted by molar-refractivity contribution is 7.16.